The van der Waals surface area contributed by atoms with Gasteiger partial charge >= 0.3 is 6.03 Å². The molecule has 0 aromatic rings. The lowest BCUT2D eigenvalue weighted by Gasteiger charge is -2.45. The fraction of sp³-hybridized carbons (Fsp3) is 0.952. The Balaban J connectivity index is 1.19. The van der Waals surface area contributed by atoms with E-state index in [1.165, 1.54) is 52.4 Å². The van der Waals surface area contributed by atoms with E-state index < -0.39 is 0 Å². The van der Waals surface area contributed by atoms with E-state index >= 15 is 0 Å². The molecule has 28 heavy (non-hydrogen) atoms. The number of nitrogens with zero attached hydrogens (tertiary/aromatic N) is 6. The van der Waals surface area contributed by atoms with Gasteiger partial charge in [0.05, 0.1) is 0 Å². The third-order valence-corrected chi connectivity index (χ3v) is 7.58. The van der Waals surface area contributed by atoms with Crippen LogP contribution in [0.1, 0.15) is 25.7 Å². The first-order valence-electron chi connectivity index (χ1n) is 11.5. The van der Waals surface area contributed by atoms with Crippen molar-refractivity contribution in [3.05, 3.63) is 0 Å². The average molecular weight is 393 g/mol. The molecule has 4 aliphatic heterocycles. The lowest BCUT2D eigenvalue weighted by Crippen LogP contribution is -2.56. The number of hydrogen-bond donors (Lipinski definition) is 0. The smallest absolute Gasteiger partial charge is 0.320 e. The fourth-order valence-electron chi connectivity index (χ4n) is 5.42. The summed E-state index contributed by atoms with van der Waals surface area (Å²) in [5, 5.41) is 0. The van der Waals surface area contributed by atoms with E-state index in [1.807, 2.05) is 0 Å². The Morgan fingerprint density at radius 2 is 0.857 bits per heavy atom. The quantitative estimate of drug-likeness (QED) is 0.685. The minimum absolute atomic E-state index is 0.300. The minimum atomic E-state index is 0.300. The van der Waals surface area contributed by atoms with Gasteiger partial charge < -0.3 is 19.6 Å². The second-order valence-corrected chi connectivity index (χ2v) is 9.40. The van der Waals surface area contributed by atoms with Crippen LogP contribution < -0.4 is 0 Å². The zero-order valence-electron chi connectivity index (χ0n) is 18.1. The van der Waals surface area contributed by atoms with Crippen LogP contribution in [0.3, 0.4) is 0 Å². The number of hydrogen-bond acceptors (Lipinski definition) is 5. The van der Waals surface area contributed by atoms with Gasteiger partial charge in [0.2, 0.25) is 0 Å². The summed E-state index contributed by atoms with van der Waals surface area (Å²) >= 11 is 0. The molecule has 0 aromatic heterocycles. The zero-order chi connectivity index (χ0) is 19.5. The molecule has 7 nitrogen and oxygen atoms in total. The van der Waals surface area contributed by atoms with Gasteiger partial charge in [0, 0.05) is 90.6 Å². The molecule has 2 amide bonds. The zero-order valence-corrected chi connectivity index (χ0v) is 18.1. The van der Waals surface area contributed by atoms with Crippen molar-refractivity contribution in [1.29, 1.82) is 0 Å². The standard InChI is InChI=1S/C21H40N6O/c1-22-11-15-24(16-12-22)19-3-7-26(8-4-19)21(28)27-9-5-20(6-10-27)25-17-13-23(2)14-18-25/h19-20H,3-18H2,1-2H3. The molecule has 4 fully saturated rings. The van der Waals surface area contributed by atoms with Crippen molar-refractivity contribution in [3.8, 4) is 0 Å². The molecule has 0 atom stereocenters. The first kappa shape index (κ1) is 20.4. The molecule has 0 aromatic carbocycles. The van der Waals surface area contributed by atoms with Crippen molar-refractivity contribution in [2.45, 2.75) is 37.8 Å². The van der Waals surface area contributed by atoms with Gasteiger partial charge in [-0.05, 0) is 39.8 Å². The summed E-state index contributed by atoms with van der Waals surface area (Å²) in [5.74, 6) is 0. The van der Waals surface area contributed by atoms with E-state index in [9.17, 15) is 4.79 Å². The highest BCUT2D eigenvalue weighted by Gasteiger charge is 2.33. The summed E-state index contributed by atoms with van der Waals surface area (Å²) in [6.07, 6.45) is 4.58. The van der Waals surface area contributed by atoms with Gasteiger partial charge in [-0.25, -0.2) is 4.79 Å². The maximum Gasteiger partial charge on any atom is 0.320 e. The summed E-state index contributed by atoms with van der Waals surface area (Å²) in [7, 11) is 4.43. The molecule has 0 aliphatic carbocycles. The van der Waals surface area contributed by atoms with Crippen molar-refractivity contribution in [2.24, 2.45) is 0 Å². The van der Waals surface area contributed by atoms with E-state index in [1.54, 1.807) is 0 Å². The van der Waals surface area contributed by atoms with Crippen LogP contribution in [0.2, 0.25) is 0 Å². The molecule has 0 saturated carbocycles. The number of piperidine rings is 2. The van der Waals surface area contributed by atoms with Crippen molar-refractivity contribution in [3.63, 3.8) is 0 Å². The predicted molar refractivity (Wildman–Crippen MR) is 113 cm³/mol. The summed E-state index contributed by atoms with van der Waals surface area (Å²) in [6.45, 7) is 13.2. The summed E-state index contributed by atoms with van der Waals surface area (Å²) in [5.41, 5.74) is 0. The van der Waals surface area contributed by atoms with Gasteiger partial charge in [-0.2, -0.15) is 0 Å². The summed E-state index contributed by atoms with van der Waals surface area (Å²) < 4.78 is 0. The van der Waals surface area contributed by atoms with Crippen LogP contribution in [-0.4, -0.2) is 140 Å². The normalized spacial score (nSPS) is 28.8. The number of likely N-dealkylation sites (N-methyl/N-ethyl adjacent to an activating group) is 2. The van der Waals surface area contributed by atoms with E-state index in [4.69, 9.17) is 0 Å². The van der Waals surface area contributed by atoms with Gasteiger partial charge in [0.25, 0.3) is 0 Å². The molecular formula is C21H40N6O. The van der Waals surface area contributed by atoms with E-state index in [0.29, 0.717) is 18.1 Å². The lowest BCUT2D eigenvalue weighted by molar-refractivity contribution is 0.0542. The molecule has 4 saturated heterocycles. The monoisotopic (exact) mass is 392 g/mol. The van der Waals surface area contributed by atoms with Crippen molar-refractivity contribution in [1.82, 2.24) is 29.4 Å². The third-order valence-electron chi connectivity index (χ3n) is 7.58. The van der Waals surface area contributed by atoms with Crippen molar-refractivity contribution in [2.75, 3.05) is 92.6 Å². The molecule has 0 bridgehead atoms. The maximum absolute atomic E-state index is 13.0. The Morgan fingerprint density at radius 3 is 1.18 bits per heavy atom. The van der Waals surface area contributed by atoms with Crippen molar-refractivity contribution < 1.29 is 4.79 Å². The van der Waals surface area contributed by atoms with Gasteiger partial charge in [0.1, 0.15) is 0 Å². The maximum atomic E-state index is 13.0. The second-order valence-electron chi connectivity index (χ2n) is 9.40. The number of urea groups is 1. The second kappa shape index (κ2) is 9.28. The molecule has 0 radical (unpaired) electrons. The molecule has 4 heterocycles. The highest BCUT2D eigenvalue weighted by molar-refractivity contribution is 5.74. The van der Waals surface area contributed by atoms with Crippen LogP contribution in [-0.2, 0) is 0 Å². The van der Waals surface area contributed by atoms with Crippen LogP contribution in [0.5, 0.6) is 0 Å². The van der Waals surface area contributed by atoms with Gasteiger partial charge in [-0.15, -0.1) is 0 Å². The molecule has 4 rings (SSSR count). The highest BCUT2D eigenvalue weighted by atomic mass is 16.2. The topological polar surface area (TPSA) is 36.5 Å². The third kappa shape index (κ3) is 4.81. The Hall–Kier alpha value is -0.890. The van der Waals surface area contributed by atoms with Gasteiger partial charge in [-0.1, -0.05) is 0 Å². The average Bonchev–Trinajstić information content (AvgIpc) is 2.75. The Bertz CT molecular complexity index is 455. The molecule has 4 aliphatic rings. The molecule has 0 spiro atoms. The number of carbonyl (C=O) groups excluding carboxylic acids is 1. The minimum Gasteiger partial charge on any atom is -0.325 e. The number of rotatable bonds is 2. The SMILES string of the molecule is CN1CCN(C2CCN(C(=O)N3CCC(N4CCN(C)CC4)CC3)CC2)CC1. The fourth-order valence-corrected chi connectivity index (χ4v) is 5.42. The Labute approximate surface area is 171 Å². The number of piperazine rings is 2. The van der Waals surface area contributed by atoms with Gasteiger partial charge in [0.15, 0.2) is 0 Å². The van der Waals surface area contributed by atoms with Crippen LogP contribution in [0, 0.1) is 0 Å². The van der Waals surface area contributed by atoms with E-state index in [-0.39, 0.29) is 0 Å². The highest BCUT2D eigenvalue weighted by Crippen LogP contribution is 2.22. The number of carbonyl (C=O) groups is 1. The van der Waals surface area contributed by atoms with Gasteiger partial charge in [-0.3, -0.25) is 9.80 Å². The van der Waals surface area contributed by atoms with Crippen LogP contribution in [0.15, 0.2) is 0 Å². The molecule has 0 unspecified atom stereocenters. The van der Waals surface area contributed by atoms with Crippen molar-refractivity contribution >= 4 is 6.03 Å². The molecule has 160 valence electrons. The number of likely N-dealkylation sites (tertiary alicyclic amines) is 2. The van der Waals surface area contributed by atoms with Crippen LogP contribution >= 0.6 is 0 Å². The van der Waals surface area contributed by atoms with Crippen LogP contribution in [0.4, 0.5) is 4.79 Å². The van der Waals surface area contributed by atoms with E-state index in [2.05, 4.69) is 43.5 Å². The number of amides is 2. The first-order chi connectivity index (χ1) is 13.6. The Kier molecular flexibility index (Phi) is 6.76. The Morgan fingerprint density at radius 1 is 0.536 bits per heavy atom. The molecule has 0 N–H and O–H groups in total. The first-order valence-corrected chi connectivity index (χ1v) is 11.5. The molecular weight excluding hydrogens is 352 g/mol. The summed E-state index contributed by atoms with van der Waals surface area (Å²) in [6, 6.07) is 1.66. The van der Waals surface area contributed by atoms with E-state index in [0.717, 1.165) is 51.9 Å². The molecule has 7 heteroatoms. The lowest BCUT2D eigenvalue weighted by atomic mass is 10.0. The largest absolute Gasteiger partial charge is 0.325 e. The predicted octanol–water partition coefficient (Wildman–Crippen LogP) is 0.530. The summed E-state index contributed by atoms with van der Waals surface area (Å²) in [4.78, 5) is 27.4. The van der Waals surface area contributed by atoms with Crippen LogP contribution in [0.25, 0.3) is 0 Å².